The highest BCUT2D eigenvalue weighted by Gasteiger charge is 2.10. The fourth-order valence-corrected chi connectivity index (χ4v) is 1.81. The lowest BCUT2D eigenvalue weighted by Gasteiger charge is -2.09. The predicted molar refractivity (Wildman–Crippen MR) is 60.8 cm³/mol. The highest BCUT2D eigenvalue weighted by molar-refractivity contribution is 6.17. The number of halogens is 1. The predicted octanol–water partition coefficient (Wildman–Crippen LogP) is 2.28. The maximum Gasteiger partial charge on any atom is 0.176 e. The van der Waals surface area contributed by atoms with Crippen LogP contribution in [0.2, 0.25) is 0 Å². The molecule has 0 N–H and O–H groups in total. The first kappa shape index (κ1) is 12.5. The van der Waals surface area contributed by atoms with Gasteiger partial charge in [-0.05, 0) is 18.8 Å². The molecule has 4 nitrogen and oxygen atoms in total. The minimum Gasteiger partial charge on any atom is -0.321 e. The van der Waals surface area contributed by atoms with Crippen molar-refractivity contribution in [1.82, 2.24) is 9.55 Å². The molecule has 0 aliphatic heterocycles. The summed E-state index contributed by atoms with van der Waals surface area (Å²) < 4.78 is 1.73. The van der Waals surface area contributed by atoms with Gasteiger partial charge in [0.15, 0.2) is 11.4 Å². The first-order valence-corrected chi connectivity index (χ1v) is 5.67. The second kappa shape index (κ2) is 6.15. The van der Waals surface area contributed by atoms with E-state index in [1.54, 1.807) is 10.9 Å². The lowest BCUT2D eigenvalue weighted by Crippen LogP contribution is -2.05. The number of hydrogen-bond donors (Lipinski definition) is 0. The fourth-order valence-electron chi connectivity index (χ4n) is 1.44. The second-order valence-electron chi connectivity index (χ2n) is 3.73. The van der Waals surface area contributed by atoms with Crippen LogP contribution in [0.5, 0.6) is 0 Å². The molecule has 0 bridgehead atoms. The highest BCUT2D eigenvalue weighted by atomic mass is 35.5. The van der Waals surface area contributed by atoms with Gasteiger partial charge >= 0.3 is 0 Å². The van der Waals surface area contributed by atoms with Gasteiger partial charge in [-0.15, -0.1) is 11.6 Å². The highest BCUT2D eigenvalue weighted by Crippen LogP contribution is 2.12. The maximum atomic E-state index is 8.90. The van der Waals surface area contributed by atoms with Gasteiger partial charge < -0.3 is 4.57 Å². The molecule has 0 aromatic carbocycles. The van der Waals surface area contributed by atoms with Crippen molar-refractivity contribution in [3.05, 3.63) is 17.7 Å². The molecule has 0 aliphatic carbocycles. The Hall–Kier alpha value is -1.52. The van der Waals surface area contributed by atoms with Gasteiger partial charge in [-0.1, -0.05) is 6.92 Å². The van der Waals surface area contributed by atoms with Crippen molar-refractivity contribution in [3.63, 3.8) is 0 Å². The number of alkyl halides is 1. The largest absolute Gasteiger partial charge is 0.321 e. The minimum absolute atomic E-state index is 0.201. The van der Waals surface area contributed by atoms with E-state index in [9.17, 15) is 0 Å². The van der Waals surface area contributed by atoms with Crippen molar-refractivity contribution in [2.24, 2.45) is 5.92 Å². The third-order valence-electron chi connectivity index (χ3n) is 2.51. The summed E-state index contributed by atoms with van der Waals surface area (Å²) in [6.07, 6.45) is 3.44. The Morgan fingerprint density at radius 3 is 2.75 bits per heavy atom. The second-order valence-corrected chi connectivity index (χ2v) is 4.11. The van der Waals surface area contributed by atoms with Gasteiger partial charge in [0.2, 0.25) is 0 Å². The Bertz CT molecular complexity index is 424. The van der Waals surface area contributed by atoms with Crippen LogP contribution in [0.15, 0.2) is 6.33 Å². The van der Waals surface area contributed by atoms with E-state index in [-0.39, 0.29) is 5.69 Å². The molecule has 0 aliphatic rings. The van der Waals surface area contributed by atoms with Crippen molar-refractivity contribution in [2.45, 2.75) is 26.3 Å². The summed E-state index contributed by atoms with van der Waals surface area (Å²) in [5.74, 6) is 1.16. The average Bonchev–Trinajstić information content (AvgIpc) is 2.68. The molecule has 0 saturated heterocycles. The summed E-state index contributed by atoms with van der Waals surface area (Å²) in [5, 5.41) is 17.6. The molecule has 1 rings (SSSR count). The van der Waals surface area contributed by atoms with Crippen LogP contribution in [0, 0.1) is 28.6 Å². The summed E-state index contributed by atoms with van der Waals surface area (Å²) in [5.41, 5.74) is 0.549. The normalized spacial score (nSPS) is 11.8. The maximum absolute atomic E-state index is 8.90. The van der Waals surface area contributed by atoms with Crippen LogP contribution in [0.25, 0.3) is 0 Å². The van der Waals surface area contributed by atoms with Crippen LogP contribution in [0.4, 0.5) is 0 Å². The topological polar surface area (TPSA) is 65.4 Å². The third kappa shape index (κ3) is 2.98. The zero-order chi connectivity index (χ0) is 12.0. The number of aryl methyl sites for hydroxylation is 1. The van der Waals surface area contributed by atoms with Crippen LogP contribution < -0.4 is 0 Å². The van der Waals surface area contributed by atoms with Crippen molar-refractivity contribution < 1.29 is 0 Å². The Kier molecular flexibility index (Phi) is 4.82. The number of hydrogen-bond acceptors (Lipinski definition) is 3. The van der Waals surface area contributed by atoms with Gasteiger partial charge in [-0.25, -0.2) is 4.98 Å². The average molecular weight is 237 g/mol. The number of nitriles is 2. The molecular weight excluding hydrogens is 224 g/mol. The Morgan fingerprint density at radius 2 is 2.19 bits per heavy atom. The van der Waals surface area contributed by atoms with E-state index in [4.69, 9.17) is 22.1 Å². The van der Waals surface area contributed by atoms with Crippen LogP contribution in [-0.2, 0) is 6.54 Å². The smallest absolute Gasteiger partial charge is 0.176 e. The van der Waals surface area contributed by atoms with E-state index in [2.05, 4.69) is 11.9 Å². The molecule has 0 amide bonds. The summed E-state index contributed by atoms with van der Waals surface area (Å²) in [6.45, 7) is 2.83. The van der Waals surface area contributed by atoms with Gasteiger partial charge in [-0.2, -0.15) is 10.5 Å². The van der Waals surface area contributed by atoms with Gasteiger partial charge in [0.25, 0.3) is 0 Å². The molecule has 84 valence electrons. The molecular formula is C11H13ClN4. The van der Waals surface area contributed by atoms with Gasteiger partial charge in [0, 0.05) is 12.4 Å². The van der Waals surface area contributed by atoms with Gasteiger partial charge in [-0.3, -0.25) is 0 Å². The monoisotopic (exact) mass is 236 g/mol. The van der Waals surface area contributed by atoms with Gasteiger partial charge in [0.05, 0.1) is 6.33 Å². The number of aromatic nitrogens is 2. The number of nitrogens with zero attached hydrogens (tertiary/aromatic N) is 4. The molecule has 1 aromatic heterocycles. The van der Waals surface area contributed by atoms with Crippen molar-refractivity contribution in [1.29, 1.82) is 10.5 Å². The summed E-state index contributed by atoms with van der Waals surface area (Å²) >= 11 is 5.65. The van der Waals surface area contributed by atoms with E-state index >= 15 is 0 Å². The molecule has 0 fully saturated rings. The number of imidazole rings is 1. The van der Waals surface area contributed by atoms with E-state index in [1.807, 2.05) is 12.1 Å². The Labute approximate surface area is 100 Å². The van der Waals surface area contributed by atoms with Crippen LogP contribution in [0.3, 0.4) is 0 Å². The molecule has 1 heterocycles. The van der Waals surface area contributed by atoms with Crippen LogP contribution >= 0.6 is 11.6 Å². The first-order chi connectivity index (χ1) is 7.72. The van der Waals surface area contributed by atoms with Crippen molar-refractivity contribution in [3.8, 4) is 12.1 Å². The lowest BCUT2D eigenvalue weighted by molar-refractivity contribution is 0.469. The van der Waals surface area contributed by atoms with E-state index < -0.39 is 0 Å². The van der Waals surface area contributed by atoms with Gasteiger partial charge in [0.1, 0.15) is 12.1 Å². The molecule has 16 heavy (non-hydrogen) atoms. The molecule has 1 aromatic rings. The van der Waals surface area contributed by atoms with Crippen molar-refractivity contribution >= 4 is 11.6 Å². The number of rotatable bonds is 5. The third-order valence-corrected chi connectivity index (χ3v) is 2.73. The first-order valence-electron chi connectivity index (χ1n) is 5.14. The zero-order valence-corrected chi connectivity index (χ0v) is 9.91. The summed E-state index contributed by atoms with van der Waals surface area (Å²) in [6, 6.07) is 3.91. The van der Waals surface area contributed by atoms with Crippen LogP contribution in [-0.4, -0.2) is 15.4 Å². The quantitative estimate of drug-likeness (QED) is 0.737. The molecule has 1 atom stereocenters. The van der Waals surface area contributed by atoms with E-state index in [0.717, 1.165) is 12.8 Å². The molecule has 0 radical (unpaired) electrons. The zero-order valence-electron chi connectivity index (χ0n) is 9.15. The van der Waals surface area contributed by atoms with E-state index in [0.29, 0.717) is 24.0 Å². The van der Waals surface area contributed by atoms with Crippen LogP contribution in [0.1, 0.15) is 31.2 Å². The molecule has 0 saturated carbocycles. The summed E-state index contributed by atoms with van der Waals surface area (Å²) in [7, 11) is 0. The lowest BCUT2D eigenvalue weighted by atomic mass is 10.1. The van der Waals surface area contributed by atoms with Crippen molar-refractivity contribution in [2.75, 3.05) is 5.88 Å². The Morgan fingerprint density at radius 1 is 1.44 bits per heavy atom. The molecule has 1 unspecified atom stereocenters. The molecule has 0 spiro atoms. The Balaban J connectivity index is 2.65. The summed E-state index contributed by atoms with van der Waals surface area (Å²) in [4.78, 5) is 3.88. The SMILES string of the molecule is CC(CCCl)CCn1cnc(C#N)c1C#N. The minimum atomic E-state index is 0.201. The molecule has 5 heteroatoms. The standard InChI is InChI=1S/C11H13ClN4/c1-9(2-4-12)3-5-16-8-15-10(6-13)11(16)7-14/h8-9H,2-5H2,1H3. The van der Waals surface area contributed by atoms with E-state index in [1.165, 1.54) is 0 Å². The fraction of sp³-hybridized carbons (Fsp3) is 0.545.